The van der Waals surface area contributed by atoms with Gasteiger partial charge in [-0.2, -0.15) is 0 Å². The lowest BCUT2D eigenvalue weighted by Crippen LogP contribution is -2.41. The van der Waals surface area contributed by atoms with Crippen LogP contribution in [-0.2, 0) is 22.6 Å². The second-order valence-electron chi connectivity index (χ2n) is 12.2. The summed E-state index contributed by atoms with van der Waals surface area (Å²) >= 11 is 0. The fourth-order valence-corrected chi connectivity index (χ4v) is 5.83. The molecule has 4 aromatic rings. The fraction of sp³-hybridized carbons (Fsp3) is 0.515. The summed E-state index contributed by atoms with van der Waals surface area (Å²) in [7, 11) is 0. The molecule has 3 atom stereocenters. The van der Waals surface area contributed by atoms with E-state index in [1.54, 1.807) is 23.8 Å². The van der Waals surface area contributed by atoms with E-state index in [2.05, 4.69) is 4.98 Å². The number of rotatable bonds is 12. The van der Waals surface area contributed by atoms with E-state index in [1.165, 1.54) is 4.57 Å². The highest BCUT2D eigenvalue weighted by Crippen LogP contribution is 2.47. The number of alkyl halides is 1. The molecule has 44 heavy (non-hydrogen) atoms. The van der Waals surface area contributed by atoms with E-state index in [0.29, 0.717) is 61.0 Å². The Kier molecular flexibility index (Phi) is 8.68. The predicted molar refractivity (Wildman–Crippen MR) is 165 cm³/mol. The zero-order chi connectivity index (χ0) is 30.8. The molecule has 6 rings (SSSR count). The first-order chi connectivity index (χ1) is 21.2. The lowest BCUT2D eigenvalue weighted by atomic mass is 10.2. The molecule has 3 unspecified atom stereocenters. The third-order valence-corrected chi connectivity index (χ3v) is 8.50. The Morgan fingerprint density at radius 3 is 2.61 bits per heavy atom. The van der Waals surface area contributed by atoms with E-state index in [1.807, 2.05) is 54.8 Å². The van der Waals surface area contributed by atoms with Crippen molar-refractivity contribution < 1.29 is 18.6 Å². The zero-order valence-electron chi connectivity index (χ0n) is 25.6. The summed E-state index contributed by atoms with van der Waals surface area (Å²) in [6.45, 7) is 7.16. The largest absolute Gasteiger partial charge is 0.477 e. The lowest BCUT2D eigenvalue weighted by Gasteiger charge is -2.22. The minimum atomic E-state index is -1.23. The number of hydrogen-bond donors (Lipinski definition) is 0. The Morgan fingerprint density at radius 2 is 1.91 bits per heavy atom. The van der Waals surface area contributed by atoms with Crippen LogP contribution in [0.1, 0.15) is 64.5 Å². The van der Waals surface area contributed by atoms with Crippen molar-refractivity contribution in [2.75, 3.05) is 19.8 Å². The number of aromatic nitrogens is 5. The number of ether oxygens (including phenoxy) is 3. The first-order valence-electron chi connectivity index (χ1n) is 15.5. The Balaban J connectivity index is 1.43. The van der Waals surface area contributed by atoms with Crippen LogP contribution < -0.4 is 16.0 Å². The predicted octanol–water partition coefficient (Wildman–Crippen LogP) is 5.11. The van der Waals surface area contributed by atoms with Gasteiger partial charge in [-0.1, -0.05) is 30.3 Å². The number of benzene rings is 1. The second kappa shape index (κ2) is 12.6. The highest BCUT2D eigenvalue weighted by atomic mass is 19.1. The maximum Gasteiger partial charge on any atom is 0.332 e. The summed E-state index contributed by atoms with van der Waals surface area (Å²) in [5.74, 6) is 0.556. The second-order valence-corrected chi connectivity index (χ2v) is 12.2. The van der Waals surface area contributed by atoms with Gasteiger partial charge in [0.2, 0.25) is 5.88 Å². The van der Waals surface area contributed by atoms with Crippen molar-refractivity contribution in [3.8, 4) is 17.3 Å². The molecule has 10 nitrogen and oxygen atoms in total. The lowest BCUT2D eigenvalue weighted by molar-refractivity contribution is -0.163. The summed E-state index contributed by atoms with van der Waals surface area (Å²) in [6.07, 6.45) is 5.25. The molecule has 0 amide bonds. The molecule has 1 saturated carbocycles. The average Bonchev–Trinajstić information content (AvgIpc) is 3.47. The molecular weight excluding hydrogens is 565 g/mol. The Morgan fingerprint density at radius 1 is 1.11 bits per heavy atom. The van der Waals surface area contributed by atoms with Crippen molar-refractivity contribution in [1.82, 2.24) is 23.7 Å². The fourth-order valence-electron chi connectivity index (χ4n) is 5.83. The third-order valence-electron chi connectivity index (χ3n) is 8.50. The minimum Gasteiger partial charge on any atom is -0.477 e. The Bertz CT molecular complexity index is 1720. The molecule has 1 saturated heterocycles. The summed E-state index contributed by atoms with van der Waals surface area (Å²) in [4.78, 5) is 37.4. The van der Waals surface area contributed by atoms with Crippen LogP contribution >= 0.6 is 0 Å². The molecule has 3 aromatic heterocycles. The molecule has 2 aliphatic rings. The van der Waals surface area contributed by atoms with Crippen LogP contribution in [0.15, 0.2) is 58.3 Å². The van der Waals surface area contributed by atoms with Crippen LogP contribution in [0.5, 0.6) is 5.88 Å². The molecule has 0 radical (unpaired) electrons. The van der Waals surface area contributed by atoms with Crippen molar-refractivity contribution in [2.45, 2.75) is 84.0 Å². The summed E-state index contributed by atoms with van der Waals surface area (Å²) in [5, 5.41) is 0. The molecule has 11 heteroatoms. The van der Waals surface area contributed by atoms with Crippen LogP contribution in [0, 0.1) is 5.92 Å². The SMILES string of the molecule is CC(C)n1c(=O)n(CCCOC2CCCCO2)c(=O)c2c1nc(-c1cccnc1OCC1CC1(C)F)n2Cc1ccccc1. The minimum absolute atomic E-state index is 0.188. The maximum absolute atomic E-state index is 14.3. The maximum atomic E-state index is 14.3. The van der Waals surface area contributed by atoms with Crippen LogP contribution in [0.4, 0.5) is 4.39 Å². The molecular formula is C33H40FN5O5. The van der Waals surface area contributed by atoms with Gasteiger partial charge >= 0.3 is 5.69 Å². The van der Waals surface area contributed by atoms with Gasteiger partial charge in [-0.25, -0.2) is 19.2 Å². The highest BCUT2D eigenvalue weighted by Gasteiger charge is 2.51. The van der Waals surface area contributed by atoms with Gasteiger partial charge in [-0.3, -0.25) is 13.9 Å². The molecule has 1 aliphatic heterocycles. The smallest absolute Gasteiger partial charge is 0.332 e. The zero-order valence-corrected chi connectivity index (χ0v) is 25.6. The van der Waals surface area contributed by atoms with Crippen molar-refractivity contribution in [1.29, 1.82) is 0 Å². The van der Waals surface area contributed by atoms with E-state index in [0.717, 1.165) is 24.8 Å². The summed E-state index contributed by atoms with van der Waals surface area (Å²) < 4.78 is 36.6. The van der Waals surface area contributed by atoms with E-state index < -0.39 is 16.9 Å². The van der Waals surface area contributed by atoms with Gasteiger partial charge < -0.3 is 18.8 Å². The quantitative estimate of drug-likeness (QED) is 0.207. The first kappa shape index (κ1) is 30.2. The van der Waals surface area contributed by atoms with Crippen LogP contribution in [0.25, 0.3) is 22.6 Å². The summed E-state index contributed by atoms with van der Waals surface area (Å²) in [6, 6.07) is 13.1. The molecule has 234 valence electrons. The number of imidazole rings is 1. The van der Waals surface area contributed by atoms with Gasteiger partial charge in [0.05, 0.1) is 18.8 Å². The van der Waals surface area contributed by atoms with Gasteiger partial charge in [0.1, 0.15) is 11.5 Å². The molecule has 0 spiro atoms. The van der Waals surface area contributed by atoms with Gasteiger partial charge in [-0.05, 0) is 70.6 Å². The van der Waals surface area contributed by atoms with E-state index in [4.69, 9.17) is 19.2 Å². The number of nitrogens with zero attached hydrogens (tertiary/aromatic N) is 5. The Hall–Kier alpha value is -3.83. The normalized spacial score (nSPS) is 21.7. The first-order valence-corrected chi connectivity index (χ1v) is 15.5. The number of hydrogen-bond acceptors (Lipinski definition) is 7. The average molecular weight is 606 g/mol. The summed E-state index contributed by atoms with van der Waals surface area (Å²) in [5.41, 5.74) is 0.0842. The van der Waals surface area contributed by atoms with E-state index in [9.17, 15) is 14.0 Å². The molecule has 4 heterocycles. The number of fused-ring (bicyclic) bond motifs is 1. The molecule has 2 fully saturated rings. The van der Waals surface area contributed by atoms with E-state index >= 15 is 0 Å². The molecule has 1 aliphatic carbocycles. The Labute approximate surface area is 255 Å². The van der Waals surface area contributed by atoms with Gasteiger partial charge in [0, 0.05) is 37.9 Å². The van der Waals surface area contributed by atoms with Crippen LogP contribution in [0.3, 0.4) is 0 Å². The van der Waals surface area contributed by atoms with Crippen molar-refractivity contribution >= 4 is 11.2 Å². The van der Waals surface area contributed by atoms with Gasteiger partial charge in [-0.15, -0.1) is 0 Å². The standard InChI is InChI=1S/C33H40FN5O5/c1-22(2)39-29-27(31(40)37(32(39)41)16-10-18-43-26-14-7-8-17-42-26)38(20-23-11-5-4-6-12-23)28(36-29)25-13-9-15-35-30(25)44-21-24-19-33(24,3)34/h4-6,9,11-13,15,22,24,26H,7-8,10,14,16-21H2,1-3H3. The van der Waals surface area contributed by atoms with Crippen molar-refractivity contribution in [3.63, 3.8) is 0 Å². The number of halogens is 1. The van der Waals surface area contributed by atoms with Gasteiger partial charge in [0.25, 0.3) is 5.56 Å². The van der Waals surface area contributed by atoms with Crippen LogP contribution in [0.2, 0.25) is 0 Å². The molecule has 1 aromatic carbocycles. The monoisotopic (exact) mass is 605 g/mol. The highest BCUT2D eigenvalue weighted by molar-refractivity contribution is 5.78. The number of pyridine rings is 1. The van der Waals surface area contributed by atoms with Crippen molar-refractivity contribution in [2.24, 2.45) is 5.92 Å². The topological polar surface area (TPSA) is 102 Å². The third kappa shape index (κ3) is 6.21. The van der Waals surface area contributed by atoms with Gasteiger partial charge in [0.15, 0.2) is 17.5 Å². The van der Waals surface area contributed by atoms with Crippen molar-refractivity contribution in [3.05, 3.63) is 75.1 Å². The molecule has 0 N–H and O–H groups in total. The van der Waals surface area contributed by atoms with E-state index in [-0.39, 0.29) is 31.4 Å². The molecule has 0 bridgehead atoms. The van der Waals surface area contributed by atoms with Crippen LogP contribution in [-0.4, -0.2) is 55.4 Å².